The standard InChI is InChI=1S/C22H22N2O4S2/c1-3-5-7-23-15-9-13(11-25)29-19(15)17(21(23)27)18-20-16(10-14(12-26)30-20)24(22(18)28)8-6-4-2/h9-12H,3-8H2,1-2H3/b18-17+. The zero-order valence-electron chi connectivity index (χ0n) is 16.9. The van der Waals surface area contributed by atoms with E-state index < -0.39 is 0 Å². The van der Waals surface area contributed by atoms with Gasteiger partial charge in [-0.25, -0.2) is 0 Å². The van der Waals surface area contributed by atoms with Crippen LogP contribution < -0.4 is 9.80 Å². The number of thiophene rings is 2. The molecule has 0 fully saturated rings. The summed E-state index contributed by atoms with van der Waals surface area (Å²) in [7, 11) is 0. The maximum Gasteiger partial charge on any atom is 0.260 e. The van der Waals surface area contributed by atoms with E-state index in [2.05, 4.69) is 13.8 Å². The highest BCUT2D eigenvalue weighted by Crippen LogP contribution is 2.51. The second kappa shape index (κ2) is 8.28. The van der Waals surface area contributed by atoms with Crippen LogP contribution >= 0.6 is 22.7 Å². The molecule has 2 aliphatic heterocycles. The number of fused-ring (bicyclic) bond motifs is 2. The summed E-state index contributed by atoms with van der Waals surface area (Å²) >= 11 is 2.48. The van der Waals surface area contributed by atoms with Gasteiger partial charge in [0.2, 0.25) is 0 Å². The quantitative estimate of drug-likeness (QED) is 0.441. The summed E-state index contributed by atoms with van der Waals surface area (Å²) in [5.74, 6) is -0.398. The van der Waals surface area contributed by atoms with E-state index in [0.717, 1.165) is 38.3 Å². The molecule has 0 aliphatic carbocycles. The van der Waals surface area contributed by atoms with Gasteiger partial charge in [0.1, 0.15) is 0 Å². The first-order valence-electron chi connectivity index (χ1n) is 10.1. The Morgan fingerprint density at radius 2 is 1.17 bits per heavy atom. The molecule has 2 aromatic rings. The van der Waals surface area contributed by atoms with Gasteiger partial charge in [-0.3, -0.25) is 19.2 Å². The molecule has 0 spiro atoms. The number of nitrogens with zero attached hydrogens (tertiary/aromatic N) is 2. The second-order valence-electron chi connectivity index (χ2n) is 7.33. The molecule has 6 nitrogen and oxygen atoms in total. The second-order valence-corrected chi connectivity index (χ2v) is 9.50. The van der Waals surface area contributed by atoms with E-state index in [1.54, 1.807) is 21.9 Å². The van der Waals surface area contributed by atoms with Crippen LogP contribution in [0.2, 0.25) is 0 Å². The number of amides is 2. The topological polar surface area (TPSA) is 74.8 Å². The number of hydrogen-bond acceptors (Lipinski definition) is 6. The van der Waals surface area contributed by atoms with Gasteiger partial charge in [0.05, 0.1) is 42.0 Å². The molecule has 156 valence electrons. The number of hydrogen-bond donors (Lipinski definition) is 0. The molecule has 0 aromatic carbocycles. The third kappa shape index (κ3) is 3.15. The van der Waals surface area contributed by atoms with Crippen LogP contribution in [0.3, 0.4) is 0 Å². The van der Waals surface area contributed by atoms with Crippen molar-refractivity contribution in [1.82, 2.24) is 0 Å². The first-order valence-corrected chi connectivity index (χ1v) is 11.8. The van der Waals surface area contributed by atoms with Crippen LogP contribution in [0.1, 0.15) is 68.6 Å². The van der Waals surface area contributed by atoms with Crippen LogP contribution in [-0.2, 0) is 9.59 Å². The largest absolute Gasteiger partial charge is 0.307 e. The zero-order chi connectivity index (χ0) is 21.4. The summed E-state index contributed by atoms with van der Waals surface area (Å²) in [6.07, 6.45) is 5.07. The Balaban J connectivity index is 1.91. The molecule has 0 saturated heterocycles. The lowest BCUT2D eigenvalue weighted by atomic mass is 10.1. The van der Waals surface area contributed by atoms with Gasteiger partial charge in [-0.15, -0.1) is 22.7 Å². The average molecular weight is 443 g/mol. The lowest BCUT2D eigenvalue weighted by Gasteiger charge is -2.17. The molecule has 8 heteroatoms. The first kappa shape index (κ1) is 20.7. The number of anilines is 2. The van der Waals surface area contributed by atoms with Crippen molar-refractivity contribution in [3.63, 3.8) is 0 Å². The molecule has 0 bridgehead atoms. The number of unbranched alkanes of at least 4 members (excludes halogenated alkanes) is 2. The molecule has 0 radical (unpaired) electrons. The van der Waals surface area contributed by atoms with E-state index in [1.807, 2.05) is 0 Å². The van der Waals surface area contributed by atoms with Gasteiger partial charge in [0.25, 0.3) is 11.8 Å². The monoisotopic (exact) mass is 442 g/mol. The zero-order valence-corrected chi connectivity index (χ0v) is 18.5. The fraction of sp³-hybridized carbons (Fsp3) is 0.364. The fourth-order valence-corrected chi connectivity index (χ4v) is 5.91. The first-order chi connectivity index (χ1) is 14.5. The van der Waals surface area contributed by atoms with E-state index in [9.17, 15) is 19.2 Å². The molecule has 0 saturated carbocycles. The molecule has 4 rings (SSSR count). The Hall–Kier alpha value is -2.58. The highest BCUT2D eigenvalue weighted by molar-refractivity contribution is 7.17. The number of carbonyl (C=O) groups excluding carboxylic acids is 4. The van der Waals surface area contributed by atoms with Crippen molar-refractivity contribution in [1.29, 1.82) is 0 Å². The molecule has 30 heavy (non-hydrogen) atoms. The van der Waals surface area contributed by atoms with Gasteiger partial charge >= 0.3 is 0 Å². The van der Waals surface area contributed by atoms with Crippen molar-refractivity contribution in [2.24, 2.45) is 0 Å². The lowest BCUT2D eigenvalue weighted by molar-refractivity contribution is -0.114. The maximum absolute atomic E-state index is 13.4. The number of aldehydes is 2. The molecule has 2 amide bonds. The Kier molecular flexibility index (Phi) is 5.71. The summed E-state index contributed by atoms with van der Waals surface area (Å²) in [5.41, 5.74) is 2.14. The molecule has 0 N–H and O–H groups in total. The number of rotatable bonds is 8. The Labute approximate surface area is 182 Å². The van der Waals surface area contributed by atoms with Crippen molar-refractivity contribution >= 4 is 69.6 Å². The highest BCUT2D eigenvalue weighted by atomic mass is 32.1. The molecule has 0 unspecified atom stereocenters. The minimum absolute atomic E-state index is 0.199. The Morgan fingerprint density at radius 3 is 1.50 bits per heavy atom. The Bertz CT molecular complexity index is 995. The summed E-state index contributed by atoms with van der Waals surface area (Å²) in [6, 6.07) is 3.46. The van der Waals surface area contributed by atoms with E-state index in [4.69, 9.17) is 0 Å². The Morgan fingerprint density at radius 1 is 0.767 bits per heavy atom. The van der Waals surface area contributed by atoms with Crippen molar-refractivity contribution in [2.75, 3.05) is 22.9 Å². The van der Waals surface area contributed by atoms with Gasteiger partial charge in [-0.1, -0.05) is 26.7 Å². The number of carbonyl (C=O) groups is 4. The summed E-state index contributed by atoms with van der Waals surface area (Å²) in [6.45, 7) is 5.18. The smallest absolute Gasteiger partial charge is 0.260 e. The van der Waals surface area contributed by atoms with Crippen LogP contribution in [0.4, 0.5) is 11.4 Å². The molecule has 2 aliphatic rings. The molecule has 0 atom stereocenters. The van der Waals surface area contributed by atoms with Gasteiger partial charge in [-0.05, 0) is 25.0 Å². The van der Waals surface area contributed by atoms with Gasteiger partial charge in [0.15, 0.2) is 12.6 Å². The molecule has 2 aromatic heterocycles. The van der Waals surface area contributed by atoms with Crippen LogP contribution in [0.5, 0.6) is 0 Å². The van der Waals surface area contributed by atoms with Gasteiger partial charge in [-0.2, -0.15) is 0 Å². The van der Waals surface area contributed by atoms with E-state index in [-0.39, 0.29) is 11.8 Å². The van der Waals surface area contributed by atoms with Crippen LogP contribution in [0.25, 0.3) is 11.1 Å². The van der Waals surface area contributed by atoms with E-state index >= 15 is 0 Å². The third-order valence-corrected chi connectivity index (χ3v) is 7.50. The predicted molar refractivity (Wildman–Crippen MR) is 121 cm³/mol. The van der Waals surface area contributed by atoms with Crippen LogP contribution in [0.15, 0.2) is 12.1 Å². The minimum atomic E-state index is -0.199. The van der Waals surface area contributed by atoms with Crippen LogP contribution in [0, 0.1) is 0 Å². The third-order valence-electron chi connectivity index (χ3n) is 5.37. The minimum Gasteiger partial charge on any atom is -0.307 e. The normalized spacial score (nSPS) is 17.7. The van der Waals surface area contributed by atoms with Crippen molar-refractivity contribution in [3.05, 3.63) is 31.6 Å². The van der Waals surface area contributed by atoms with Crippen LogP contribution in [-0.4, -0.2) is 37.5 Å². The molecular weight excluding hydrogens is 420 g/mol. The highest BCUT2D eigenvalue weighted by Gasteiger charge is 2.44. The van der Waals surface area contributed by atoms with E-state index in [0.29, 0.717) is 55.1 Å². The predicted octanol–water partition coefficient (Wildman–Crippen LogP) is 4.64. The molecular formula is C22H22N2O4S2. The average Bonchev–Trinajstić information content (AvgIpc) is 3.46. The SMILES string of the molecule is CCCCN1C(=O)/C(=C2/C(=O)N(CCCC)c3cc(C=O)sc32)c2sc(C=O)cc21. The van der Waals surface area contributed by atoms with Crippen molar-refractivity contribution < 1.29 is 19.2 Å². The van der Waals surface area contributed by atoms with E-state index in [1.165, 1.54) is 22.7 Å². The fourth-order valence-electron chi connectivity index (χ4n) is 3.88. The summed E-state index contributed by atoms with van der Waals surface area (Å²) in [4.78, 5) is 55.4. The molecule has 4 heterocycles. The summed E-state index contributed by atoms with van der Waals surface area (Å²) in [5, 5.41) is 0. The maximum atomic E-state index is 13.4. The lowest BCUT2D eigenvalue weighted by Crippen LogP contribution is -2.30. The summed E-state index contributed by atoms with van der Waals surface area (Å²) < 4.78 is 0. The van der Waals surface area contributed by atoms with Crippen molar-refractivity contribution in [3.8, 4) is 0 Å². The van der Waals surface area contributed by atoms with Gasteiger partial charge in [0, 0.05) is 13.1 Å². The van der Waals surface area contributed by atoms with Gasteiger partial charge < -0.3 is 9.80 Å². The van der Waals surface area contributed by atoms with Crippen molar-refractivity contribution in [2.45, 2.75) is 39.5 Å².